The van der Waals surface area contributed by atoms with Crippen molar-refractivity contribution in [2.45, 2.75) is 0 Å². The van der Waals surface area contributed by atoms with Crippen molar-refractivity contribution < 1.29 is 9.63 Å². The molecule has 0 spiro atoms. The zero-order valence-electron chi connectivity index (χ0n) is 10.9. The van der Waals surface area contributed by atoms with E-state index in [1.807, 2.05) is 30.3 Å². The summed E-state index contributed by atoms with van der Waals surface area (Å²) in [7, 11) is 0. The maximum absolute atomic E-state index is 9.22. The van der Waals surface area contributed by atoms with Gasteiger partial charge in [0.1, 0.15) is 5.75 Å². The molecule has 21 heavy (non-hydrogen) atoms. The minimum atomic E-state index is 0.238. The quantitative estimate of drug-likeness (QED) is 0.767. The molecule has 3 aromatic rings. The van der Waals surface area contributed by atoms with E-state index in [0.29, 0.717) is 11.7 Å². The van der Waals surface area contributed by atoms with Gasteiger partial charge in [-0.3, -0.25) is 0 Å². The molecule has 0 saturated carbocycles. The lowest BCUT2D eigenvalue weighted by molar-refractivity contribution is 0.411. The van der Waals surface area contributed by atoms with Gasteiger partial charge in [0, 0.05) is 16.1 Å². The molecular formula is C16H11BrN2O2. The van der Waals surface area contributed by atoms with E-state index >= 15 is 0 Å². The molecule has 5 heteroatoms. The maximum Gasteiger partial charge on any atom is 0.250 e. The Morgan fingerprint density at radius 3 is 2.62 bits per heavy atom. The van der Waals surface area contributed by atoms with Crippen LogP contribution in [0, 0.1) is 0 Å². The fraction of sp³-hybridized carbons (Fsp3) is 0. The number of halogens is 1. The minimum absolute atomic E-state index is 0.238. The van der Waals surface area contributed by atoms with E-state index in [-0.39, 0.29) is 5.75 Å². The lowest BCUT2D eigenvalue weighted by Gasteiger charge is -1.94. The molecule has 4 nitrogen and oxygen atoms in total. The average molecular weight is 343 g/mol. The Labute approximate surface area is 129 Å². The average Bonchev–Trinajstić information content (AvgIpc) is 2.96. The summed E-state index contributed by atoms with van der Waals surface area (Å²) in [6, 6.07) is 14.6. The van der Waals surface area contributed by atoms with Gasteiger partial charge in [0.2, 0.25) is 5.82 Å². The molecule has 0 saturated heterocycles. The zero-order valence-corrected chi connectivity index (χ0v) is 12.5. The number of aromatic hydroxyl groups is 1. The second-order valence-corrected chi connectivity index (χ2v) is 5.31. The number of benzene rings is 2. The van der Waals surface area contributed by atoms with Gasteiger partial charge in [-0.1, -0.05) is 45.4 Å². The molecule has 0 aliphatic carbocycles. The second-order valence-electron chi connectivity index (χ2n) is 4.39. The van der Waals surface area contributed by atoms with Gasteiger partial charge in [-0.15, -0.1) is 0 Å². The van der Waals surface area contributed by atoms with Gasteiger partial charge in [0.25, 0.3) is 5.89 Å². The van der Waals surface area contributed by atoms with Gasteiger partial charge in [0.05, 0.1) is 0 Å². The first-order valence-electron chi connectivity index (χ1n) is 6.27. The highest BCUT2D eigenvalue weighted by Crippen LogP contribution is 2.21. The van der Waals surface area contributed by atoms with E-state index in [1.54, 1.807) is 30.3 Å². The molecule has 0 unspecified atom stereocenters. The van der Waals surface area contributed by atoms with Crippen molar-refractivity contribution in [3.8, 4) is 17.1 Å². The Kier molecular flexibility index (Phi) is 3.83. The van der Waals surface area contributed by atoms with Crippen LogP contribution in [0.1, 0.15) is 11.5 Å². The van der Waals surface area contributed by atoms with E-state index in [1.165, 1.54) is 0 Å². The topological polar surface area (TPSA) is 59.2 Å². The summed E-state index contributed by atoms with van der Waals surface area (Å²) >= 11 is 3.41. The molecule has 0 atom stereocenters. The molecule has 0 radical (unpaired) electrons. The van der Waals surface area contributed by atoms with Crippen LogP contribution in [0.25, 0.3) is 23.5 Å². The van der Waals surface area contributed by atoms with Crippen LogP contribution < -0.4 is 0 Å². The highest BCUT2D eigenvalue weighted by atomic mass is 79.9. The standard InChI is InChI=1S/C16H11BrN2O2/c17-13-3-1-2-12(10-13)16-18-15(21-19-16)9-6-11-4-7-14(20)8-5-11/h1-10,20H/b9-6+. The van der Waals surface area contributed by atoms with Crippen LogP contribution in [0.2, 0.25) is 0 Å². The Hall–Kier alpha value is -2.40. The third kappa shape index (κ3) is 3.38. The van der Waals surface area contributed by atoms with Gasteiger partial charge >= 0.3 is 0 Å². The number of nitrogens with zero attached hydrogens (tertiary/aromatic N) is 2. The number of phenols is 1. The summed E-state index contributed by atoms with van der Waals surface area (Å²) in [6.07, 6.45) is 3.58. The van der Waals surface area contributed by atoms with Crippen LogP contribution in [0.15, 0.2) is 57.5 Å². The summed E-state index contributed by atoms with van der Waals surface area (Å²) < 4.78 is 6.16. The highest BCUT2D eigenvalue weighted by molar-refractivity contribution is 9.10. The summed E-state index contributed by atoms with van der Waals surface area (Å²) in [5, 5.41) is 13.2. The number of aromatic nitrogens is 2. The van der Waals surface area contributed by atoms with Crippen molar-refractivity contribution in [2.75, 3.05) is 0 Å². The summed E-state index contributed by atoms with van der Waals surface area (Å²) in [4.78, 5) is 4.32. The Morgan fingerprint density at radius 1 is 1.05 bits per heavy atom. The predicted octanol–water partition coefficient (Wildman–Crippen LogP) is 4.38. The normalized spacial score (nSPS) is 11.1. The van der Waals surface area contributed by atoms with Gasteiger partial charge < -0.3 is 9.63 Å². The fourth-order valence-electron chi connectivity index (χ4n) is 1.80. The minimum Gasteiger partial charge on any atom is -0.508 e. The zero-order chi connectivity index (χ0) is 14.7. The molecule has 1 heterocycles. The number of hydrogen-bond acceptors (Lipinski definition) is 4. The molecule has 0 amide bonds. The smallest absolute Gasteiger partial charge is 0.250 e. The fourth-order valence-corrected chi connectivity index (χ4v) is 2.20. The molecule has 2 aromatic carbocycles. The summed E-state index contributed by atoms with van der Waals surface area (Å²) in [5.74, 6) is 1.21. The van der Waals surface area contributed by atoms with Crippen LogP contribution >= 0.6 is 15.9 Å². The summed E-state index contributed by atoms with van der Waals surface area (Å²) in [6.45, 7) is 0. The van der Waals surface area contributed by atoms with Crippen molar-refractivity contribution in [2.24, 2.45) is 0 Å². The van der Waals surface area contributed by atoms with Crippen LogP contribution in [0.5, 0.6) is 5.75 Å². The van der Waals surface area contributed by atoms with E-state index in [2.05, 4.69) is 26.1 Å². The molecule has 0 aliphatic heterocycles. The largest absolute Gasteiger partial charge is 0.508 e. The first-order valence-corrected chi connectivity index (χ1v) is 7.07. The van der Waals surface area contributed by atoms with Crippen molar-refractivity contribution in [3.05, 3.63) is 64.5 Å². The molecule has 0 fully saturated rings. The Morgan fingerprint density at radius 2 is 1.86 bits per heavy atom. The van der Waals surface area contributed by atoms with Gasteiger partial charge in [0.15, 0.2) is 0 Å². The third-order valence-corrected chi connectivity index (χ3v) is 3.33. The predicted molar refractivity (Wildman–Crippen MR) is 84.5 cm³/mol. The molecule has 1 aromatic heterocycles. The molecule has 3 rings (SSSR count). The molecule has 104 valence electrons. The molecule has 0 aliphatic rings. The van der Waals surface area contributed by atoms with Crippen LogP contribution in [0.3, 0.4) is 0 Å². The van der Waals surface area contributed by atoms with Gasteiger partial charge in [-0.05, 0) is 35.9 Å². The summed E-state index contributed by atoms with van der Waals surface area (Å²) in [5.41, 5.74) is 1.83. The number of phenolic OH excluding ortho intramolecular Hbond substituents is 1. The number of hydrogen-bond donors (Lipinski definition) is 1. The maximum atomic E-state index is 9.22. The van der Waals surface area contributed by atoms with E-state index in [0.717, 1.165) is 15.6 Å². The second kappa shape index (κ2) is 5.93. The van der Waals surface area contributed by atoms with Crippen LogP contribution in [-0.4, -0.2) is 15.2 Å². The molecular weight excluding hydrogens is 332 g/mol. The molecule has 1 N–H and O–H groups in total. The lowest BCUT2D eigenvalue weighted by Crippen LogP contribution is -1.80. The van der Waals surface area contributed by atoms with Crippen LogP contribution in [0.4, 0.5) is 0 Å². The van der Waals surface area contributed by atoms with E-state index in [9.17, 15) is 5.11 Å². The highest BCUT2D eigenvalue weighted by Gasteiger charge is 2.06. The van der Waals surface area contributed by atoms with Crippen LogP contribution in [-0.2, 0) is 0 Å². The van der Waals surface area contributed by atoms with Crippen molar-refractivity contribution in [1.29, 1.82) is 0 Å². The Bertz CT molecular complexity index is 779. The third-order valence-electron chi connectivity index (χ3n) is 2.84. The van der Waals surface area contributed by atoms with Gasteiger partial charge in [-0.2, -0.15) is 4.98 Å². The first kappa shape index (κ1) is 13.6. The Balaban J connectivity index is 1.80. The monoisotopic (exact) mass is 342 g/mol. The van der Waals surface area contributed by atoms with Crippen molar-refractivity contribution in [1.82, 2.24) is 10.1 Å². The van der Waals surface area contributed by atoms with Crippen molar-refractivity contribution in [3.63, 3.8) is 0 Å². The number of rotatable bonds is 3. The van der Waals surface area contributed by atoms with Gasteiger partial charge in [-0.25, -0.2) is 0 Å². The molecule has 0 bridgehead atoms. The SMILES string of the molecule is Oc1ccc(/C=C/c2nc(-c3cccc(Br)c3)no2)cc1. The first-order chi connectivity index (χ1) is 10.2. The van der Waals surface area contributed by atoms with Crippen molar-refractivity contribution >= 4 is 28.1 Å². The van der Waals surface area contributed by atoms with E-state index in [4.69, 9.17) is 4.52 Å². The van der Waals surface area contributed by atoms with E-state index < -0.39 is 0 Å². The lowest BCUT2D eigenvalue weighted by atomic mass is 10.2.